The summed E-state index contributed by atoms with van der Waals surface area (Å²) in [5.41, 5.74) is 6.00. The maximum Gasteiger partial charge on any atom is 0.326 e. The maximum absolute atomic E-state index is 4.93. The highest BCUT2D eigenvalue weighted by molar-refractivity contribution is 6.52. The molecule has 164 valence electrons. The van der Waals surface area contributed by atoms with Crippen molar-refractivity contribution in [3.8, 4) is 33.8 Å². The second-order valence-electron chi connectivity index (χ2n) is 8.24. The molecule has 0 N–H and O–H groups in total. The minimum Gasteiger partial charge on any atom is -0.402 e. The minimum atomic E-state index is -1.48. The zero-order valence-electron chi connectivity index (χ0n) is 18.5. The van der Waals surface area contributed by atoms with Crippen molar-refractivity contribution in [2.45, 2.75) is 0 Å². The molecular weight excluding hydrogens is 419 g/mol. The molecule has 0 spiro atoms. The summed E-state index contributed by atoms with van der Waals surface area (Å²) in [6.45, 7) is 0. The van der Waals surface area contributed by atoms with Crippen molar-refractivity contribution >= 4 is 7.12 Å². The van der Waals surface area contributed by atoms with E-state index < -0.39 is 7.12 Å². The van der Waals surface area contributed by atoms with Crippen LogP contribution in [0.2, 0.25) is 0 Å². The van der Waals surface area contributed by atoms with Gasteiger partial charge in [-0.1, -0.05) is 91.0 Å². The van der Waals surface area contributed by atoms with Gasteiger partial charge in [0.15, 0.2) is 0 Å². The molecule has 0 fully saturated rings. The Bertz CT molecular complexity index is 1320. The fourth-order valence-electron chi connectivity index (χ4n) is 4.29. The average Bonchev–Trinajstić information content (AvgIpc) is 3.68. The summed E-state index contributed by atoms with van der Waals surface area (Å²) >= 11 is 0. The van der Waals surface area contributed by atoms with E-state index in [0.29, 0.717) is 0 Å². The lowest BCUT2D eigenvalue weighted by atomic mass is 9.96. The van der Waals surface area contributed by atoms with E-state index in [9.17, 15) is 0 Å². The fourth-order valence-corrected chi connectivity index (χ4v) is 4.29. The van der Waals surface area contributed by atoms with Crippen molar-refractivity contribution in [1.82, 2.24) is 29.1 Å². The predicted molar refractivity (Wildman–Crippen MR) is 136 cm³/mol. The molecule has 3 heterocycles. The van der Waals surface area contributed by atoms with E-state index in [0.717, 1.165) is 33.8 Å². The molecule has 6 rings (SSSR count). The van der Waals surface area contributed by atoms with E-state index in [1.807, 2.05) is 105 Å². The van der Waals surface area contributed by atoms with Crippen LogP contribution in [0.3, 0.4) is 0 Å². The average molecular weight is 441 g/mol. The molecule has 0 atom stereocenters. The first-order valence-electron chi connectivity index (χ1n) is 11.3. The molecule has 0 saturated heterocycles. The molecule has 3 aromatic heterocycles. The smallest absolute Gasteiger partial charge is 0.326 e. The normalized spacial score (nSPS) is 11.2. The summed E-state index contributed by atoms with van der Waals surface area (Å²) in [5, 5.41) is 14.8. The summed E-state index contributed by atoms with van der Waals surface area (Å²) in [6.07, 6.45) is 6.03. The Morgan fingerprint density at radius 1 is 0.382 bits per heavy atom. The third-order valence-corrected chi connectivity index (χ3v) is 6.00. The molecule has 6 nitrogen and oxygen atoms in total. The Kier molecular flexibility index (Phi) is 5.12. The highest BCUT2D eigenvalue weighted by atomic mass is 15.4. The lowest BCUT2D eigenvalue weighted by Crippen LogP contribution is -2.42. The third-order valence-electron chi connectivity index (χ3n) is 6.00. The number of aromatic nitrogens is 6. The van der Waals surface area contributed by atoms with Crippen molar-refractivity contribution in [3.05, 3.63) is 128 Å². The Balaban J connectivity index is 1.43. The second-order valence-corrected chi connectivity index (χ2v) is 8.24. The molecule has 6 aromatic rings. The van der Waals surface area contributed by atoms with Crippen molar-refractivity contribution < 1.29 is 0 Å². The first kappa shape index (κ1) is 20.0. The standard InChI is InChI=1S/C27H22BN6/c1-4-10-22(11-5-1)25-16-19-32(29-25)28(33-20-17-26(30-33)23-12-6-2-7-13-23)34-21-18-27(31-34)24-14-8-3-9-15-24/h1-21,28H/q-1. The van der Waals surface area contributed by atoms with Crippen LogP contribution in [-0.4, -0.2) is 36.2 Å². The van der Waals surface area contributed by atoms with Gasteiger partial charge >= 0.3 is 7.12 Å². The quantitative estimate of drug-likeness (QED) is 0.344. The van der Waals surface area contributed by atoms with Crippen LogP contribution in [0.4, 0.5) is 0 Å². The molecule has 0 radical (unpaired) electrons. The van der Waals surface area contributed by atoms with Gasteiger partial charge in [0.2, 0.25) is 0 Å². The zero-order chi connectivity index (χ0) is 22.7. The van der Waals surface area contributed by atoms with Crippen LogP contribution in [0.5, 0.6) is 0 Å². The van der Waals surface area contributed by atoms with Gasteiger partial charge in [-0.2, -0.15) is 0 Å². The third kappa shape index (κ3) is 3.84. The van der Waals surface area contributed by atoms with Gasteiger partial charge in [-0.3, -0.25) is 0 Å². The Labute approximate surface area is 197 Å². The molecule has 0 aliphatic rings. The van der Waals surface area contributed by atoms with Crippen LogP contribution in [0, 0.1) is 0 Å². The number of rotatable bonds is 6. The minimum absolute atomic E-state index is 0.920. The second kappa shape index (κ2) is 8.71. The molecule has 0 saturated carbocycles. The number of nitrogens with zero attached hydrogens (tertiary/aromatic N) is 6. The lowest BCUT2D eigenvalue weighted by molar-refractivity contribution is 0.775. The van der Waals surface area contributed by atoms with E-state index in [4.69, 9.17) is 15.3 Å². The monoisotopic (exact) mass is 441 g/mol. The van der Waals surface area contributed by atoms with Gasteiger partial charge in [0, 0.05) is 16.7 Å². The maximum atomic E-state index is 4.93. The van der Waals surface area contributed by atoms with Gasteiger partial charge in [-0.05, 0) is 36.8 Å². The van der Waals surface area contributed by atoms with Crippen molar-refractivity contribution in [1.29, 1.82) is 0 Å². The molecule has 0 aliphatic carbocycles. The first-order valence-corrected chi connectivity index (χ1v) is 11.3. The SMILES string of the molecule is c1ccc(-c2ccn([BH-](n3ccc(-c4ccccc4)n3)n3ccc(-c4ccccc4)n3)n2)cc1. The summed E-state index contributed by atoms with van der Waals surface area (Å²) < 4.78 is 5.93. The van der Waals surface area contributed by atoms with Gasteiger partial charge < -0.3 is 13.8 Å². The molecule has 0 amide bonds. The summed E-state index contributed by atoms with van der Waals surface area (Å²) in [7, 11) is -1.48. The van der Waals surface area contributed by atoms with E-state index in [1.54, 1.807) is 0 Å². The van der Waals surface area contributed by atoms with Crippen LogP contribution < -0.4 is 0 Å². The van der Waals surface area contributed by atoms with Crippen LogP contribution >= 0.6 is 0 Å². The molecule has 0 unspecified atom stereocenters. The van der Waals surface area contributed by atoms with E-state index in [2.05, 4.69) is 36.4 Å². The van der Waals surface area contributed by atoms with Crippen molar-refractivity contribution in [2.24, 2.45) is 0 Å². The molecule has 3 aromatic carbocycles. The Hall–Kier alpha value is -4.65. The molecule has 34 heavy (non-hydrogen) atoms. The Morgan fingerprint density at radius 3 is 0.971 bits per heavy atom. The number of benzene rings is 3. The van der Waals surface area contributed by atoms with Crippen LogP contribution in [-0.2, 0) is 0 Å². The van der Waals surface area contributed by atoms with E-state index in [1.165, 1.54) is 0 Å². The summed E-state index contributed by atoms with van der Waals surface area (Å²) in [5.74, 6) is 0. The van der Waals surface area contributed by atoms with Gasteiger partial charge in [0.1, 0.15) is 0 Å². The molecule has 0 bridgehead atoms. The highest BCUT2D eigenvalue weighted by Crippen LogP contribution is 2.20. The molecular formula is C27H22BN6-. The Morgan fingerprint density at radius 2 is 0.676 bits per heavy atom. The molecule has 0 aliphatic heterocycles. The van der Waals surface area contributed by atoms with Crippen molar-refractivity contribution in [2.75, 3.05) is 0 Å². The fraction of sp³-hybridized carbons (Fsp3) is 0. The predicted octanol–water partition coefficient (Wildman–Crippen LogP) is 4.94. The van der Waals surface area contributed by atoms with Gasteiger partial charge in [-0.25, -0.2) is 15.3 Å². The van der Waals surface area contributed by atoms with Crippen molar-refractivity contribution in [3.63, 3.8) is 0 Å². The summed E-state index contributed by atoms with van der Waals surface area (Å²) in [6, 6.07) is 36.7. The largest absolute Gasteiger partial charge is 0.402 e. The van der Waals surface area contributed by atoms with Gasteiger partial charge in [0.25, 0.3) is 0 Å². The van der Waals surface area contributed by atoms with Crippen LogP contribution in [0.25, 0.3) is 33.8 Å². The number of hydrogen-bond donors (Lipinski definition) is 0. The highest BCUT2D eigenvalue weighted by Gasteiger charge is 2.16. The zero-order valence-corrected chi connectivity index (χ0v) is 18.5. The van der Waals surface area contributed by atoms with Gasteiger partial charge in [-0.15, -0.1) is 0 Å². The van der Waals surface area contributed by atoms with Crippen LogP contribution in [0.1, 0.15) is 0 Å². The van der Waals surface area contributed by atoms with E-state index >= 15 is 0 Å². The summed E-state index contributed by atoms with van der Waals surface area (Å²) in [4.78, 5) is 0. The lowest BCUT2D eigenvalue weighted by Gasteiger charge is -2.26. The number of hydrogen-bond acceptors (Lipinski definition) is 3. The first-order chi connectivity index (χ1) is 16.8. The van der Waals surface area contributed by atoms with Gasteiger partial charge in [0.05, 0.1) is 17.1 Å². The van der Waals surface area contributed by atoms with Crippen LogP contribution in [0.15, 0.2) is 128 Å². The molecule has 7 heteroatoms. The topological polar surface area (TPSA) is 53.5 Å². The van der Waals surface area contributed by atoms with E-state index in [-0.39, 0.29) is 0 Å².